The molecule has 1 fully saturated rings. The van der Waals surface area contributed by atoms with Crippen LogP contribution in [-0.4, -0.2) is 49.0 Å². The molecule has 2 aromatic rings. The fraction of sp³-hybridized carbons (Fsp3) is 0.333. The Kier molecular flexibility index (Phi) is 6.51. The van der Waals surface area contributed by atoms with Crippen molar-refractivity contribution in [3.63, 3.8) is 0 Å². The Morgan fingerprint density at radius 1 is 0.967 bits per heavy atom. The SMILES string of the molecule is COc1cc(OC)cc(C(=O)N2CCC(C(=O)Oc3ccc([N+](=O)[O-])cc3)CC2)c1. The Morgan fingerprint density at radius 3 is 2.03 bits per heavy atom. The number of benzene rings is 2. The molecule has 0 aromatic heterocycles. The first-order valence-corrected chi connectivity index (χ1v) is 9.39. The van der Waals surface area contributed by atoms with E-state index in [4.69, 9.17) is 14.2 Å². The fourth-order valence-corrected chi connectivity index (χ4v) is 3.27. The van der Waals surface area contributed by atoms with Crippen LogP contribution in [0.15, 0.2) is 42.5 Å². The van der Waals surface area contributed by atoms with Crippen molar-refractivity contribution in [1.82, 2.24) is 4.90 Å². The van der Waals surface area contributed by atoms with E-state index in [1.54, 1.807) is 23.1 Å². The quantitative estimate of drug-likeness (QED) is 0.309. The highest BCUT2D eigenvalue weighted by Gasteiger charge is 2.29. The van der Waals surface area contributed by atoms with Gasteiger partial charge >= 0.3 is 5.97 Å². The minimum Gasteiger partial charge on any atom is -0.497 e. The zero-order valence-corrected chi connectivity index (χ0v) is 16.7. The predicted octanol–water partition coefficient (Wildman–Crippen LogP) is 3.07. The summed E-state index contributed by atoms with van der Waals surface area (Å²) >= 11 is 0. The molecule has 0 spiro atoms. The third-order valence-electron chi connectivity index (χ3n) is 4.98. The zero-order chi connectivity index (χ0) is 21.7. The van der Waals surface area contributed by atoms with Crippen LogP contribution in [0.2, 0.25) is 0 Å². The first-order valence-electron chi connectivity index (χ1n) is 9.39. The Balaban J connectivity index is 1.58. The number of carbonyl (C=O) groups excluding carboxylic acids is 2. The smallest absolute Gasteiger partial charge is 0.314 e. The van der Waals surface area contributed by atoms with Gasteiger partial charge in [-0.1, -0.05) is 0 Å². The standard InChI is InChI=1S/C21H22N2O7/c1-28-18-11-15(12-19(13-18)29-2)20(24)22-9-7-14(8-10-22)21(25)30-17-5-3-16(4-6-17)23(26)27/h3-6,11-14H,7-10H2,1-2H3. The molecular formula is C21H22N2O7. The van der Waals surface area contributed by atoms with Gasteiger partial charge in [0.15, 0.2) is 0 Å². The van der Waals surface area contributed by atoms with Crippen LogP contribution in [0.25, 0.3) is 0 Å². The van der Waals surface area contributed by atoms with E-state index in [9.17, 15) is 19.7 Å². The van der Waals surface area contributed by atoms with Gasteiger partial charge in [-0.2, -0.15) is 0 Å². The number of nitro benzene ring substituents is 1. The molecule has 0 aliphatic carbocycles. The summed E-state index contributed by atoms with van der Waals surface area (Å²) in [5, 5.41) is 10.7. The number of hydrogen-bond donors (Lipinski definition) is 0. The van der Waals surface area contributed by atoms with Crippen molar-refractivity contribution in [3.8, 4) is 17.2 Å². The maximum Gasteiger partial charge on any atom is 0.314 e. The summed E-state index contributed by atoms with van der Waals surface area (Å²) in [5.41, 5.74) is 0.383. The minimum atomic E-state index is -0.518. The lowest BCUT2D eigenvalue weighted by Crippen LogP contribution is -2.41. The van der Waals surface area contributed by atoms with Crippen LogP contribution < -0.4 is 14.2 Å². The summed E-state index contributed by atoms with van der Waals surface area (Å²) in [5.74, 6) is 0.406. The number of hydrogen-bond acceptors (Lipinski definition) is 7. The zero-order valence-electron chi connectivity index (χ0n) is 16.7. The highest BCUT2D eigenvalue weighted by atomic mass is 16.6. The topological polar surface area (TPSA) is 108 Å². The number of esters is 1. The van der Waals surface area contributed by atoms with Crippen molar-refractivity contribution in [2.24, 2.45) is 5.92 Å². The van der Waals surface area contributed by atoms with Gasteiger partial charge in [0.2, 0.25) is 0 Å². The predicted molar refractivity (Wildman–Crippen MR) is 107 cm³/mol. The molecule has 30 heavy (non-hydrogen) atoms. The molecule has 1 aliphatic heterocycles. The Morgan fingerprint density at radius 2 is 1.53 bits per heavy atom. The molecule has 158 valence electrons. The van der Waals surface area contributed by atoms with Gasteiger partial charge in [0.05, 0.1) is 25.1 Å². The first kappa shape index (κ1) is 21.1. The van der Waals surface area contributed by atoms with E-state index >= 15 is 0 Å². The second kappa shape index (κ2) is 9.25. The van der Waals surface area contributed by atoms with Gasteiger partial charge in [-0.25, -0.2) is 0 Å². The van der Waals surface area contributed by atoms with Crippen LogP contribution in [0.5, 0.6) is 17.2 Å². The second-order valence-corrected chi connectivity index (χ2v) is 6.84. The number of non-ortho nitro benzene ring substituents is 1. The highest BCUT2D eigenvalue weighted by Crippen LogP contribution is 2.26. The Hall–Kier alpha value is -3.62. The molecule has 0 N–H and O–H groups in total. The minimum absolute atomic E-state index is 0.0733. The maximum absolute atomic E-state index is 12.8. The molecule has 1 saturated heterocycles. The number of carbonyl (C=O) groups is 2. The Bertz CT molecular complexity index is 913. The normalized spacial score (nSPS) is 14.1. The molecule has 9 nitrogen and oxygen atoms in total. The van der Waals surface area contributed by atoms with Crippen LogP contribution in [0.4, 0.5) is 5.69 Å². The molecular weight excluding hydrogens is 392 g/mol. The molecule has 0 radical (unpaired) electrons. The molecule has 3 rings (SSSR count). The molecule has 0 saturated carbocycles. The average Bonchev–Trinajstić information content (AvgIpc) is 2.78. The van der Waals surface area contributed by atoms with Gasteiger partial charge in [0.1, 0.15) is 17.2 Å². The highest BCUT2D eigenvalue weighted by molar-refractivity contribution is 5.95. The monoisotopic (exact) mass is 414 g/mol. The van der Waals surface area contributed by atoms with E-state index in [1.165, 1.54) is 38.5 Å². The number of nitrogens with zero attached hydrogens (tertiary/aromatic N) is 2. The summed E-state index contributed by atoms with van der Waals surface area (Å²) in [7, 11) is 3.04. The Labute approximate surface area is 173 Å². The molecule has 9 heteroatoms. The lowest BCUT2D eigenvalue weighted by Gasteiger charge is -2.31. The van der Waals surface area contributed by atoms with Gasteiger partial charge in [-0.3, -0.25) is 19.7 Å². The van der Waals surface area contributed by atoms with Gasteiger partial charge in [-0.05, 0) is 37.1 Å². The van der Waals surface area contributed by atoms with E-state index in [2.05, 4.69) is 0 Å². The number of nitro groups is 1. The fourth-order valence-electron chi connectivity index (χ4n) is 3.27. The van der Waals surface area contributed by atoms with Crippen molar-refractivity contribution < 1.29 is 28.7 Å². The lowest BCUT2D eigenvalue weighted by atomic mass is 9.96. The summed E-state index contributed by atoms with van der Waals surface area (Å²) < 4.78 is 15.8. The van der Waals surface area contributed by atoms with Crippen LogP contribution in [0.1, 0.15) is 23.2 Å². The summed E-state index contributed by atoms with van der Waals surface area (Å²) in [6.45, 7) is 0.830. The van der Waals surface area contributed by atoms with Crippen molar-refractivity contribution in [3.05, 3.63) is 58.1 Å². The van der Waals surface area contributed by atoms with E-state index in [-0.39, 0.29) is 23.3 Å². The van der Waals surface area contributed by atoms with Crippen molar-refractivity contribution >= 4 is 17.6 Å². The van der Waals surface area contributed by atoms with Crippen LogP contribution in [-0.2, 0) is 4.79 Å². The van der Waals surface area contributed by atoms with Crippen molar-refractivity contribution in [1.29, 1.82) is 0 Å². The first-order chi connectivity index (χ1) is 14.4. The van der Waals surface area contributed by atoms with Gasteiger partial charge < -0.3 is 19.1 Å². The molecule has 1 aliphatic rings. The van der Waals surface area contributed by atoms with E-state index in [1.807, 2.05) is 0 Å². The van der Waals surface area contributed by atoms with E-state index < -0.39 is 10.9 Å². The molecule has 0 bridgehead atoms. The number of rotatable bonds is 6. The summed E-state index contributed by atoms with van der Waals surface area (Å²) in [4.78, 5) is 37.1. The number of piperidine rings is 1. The molecule has 0 unspecified atom stereocenters. The van der Waals surface area contributed by atoms with Crippen molar-refractivity contribution in [2.45, 2.75) is 12.8 Å². The van der Waals surface area contributed by atoms with Crippen LogP contribution in [0, 0.1) is 16.0 Å². The van der Waals surface area contributed by atoms with E-state index in [0.29, 0.717) is 43.0 Å². The summed E-state index contributed by atoms with van der Waals surface area (Å²) in [6.07, 6.45) is 0.942. The second-order valence-electron chi connectivity index (χ2n) is 6.84. The maximum atomic E-state index is 12.8. The van der Waals surface area contributed by atoms with Gasteiger partial charge in [0, 0.05) is 36.9 Å². The summed E-state index contributed by atoms with van der Waals surface area (Å²) in [6, 6.07) is 10.4. The largest absolute Gasteiger partial charge is 0.497 e. The van der Waals surface area contributed by atoms with Crippen LogP contribution >= 0.6 is 0 Å². The number of amides is 1. The van der Waals surface area contributed by atoms with Crippen LogP contribution in [0.3, 0.4) is 0 Å². The molecule has 1 heterocycles. The number of likely N-dealkylation sites (tertiary alicyclic amines) is 1. The molecule has 2 aromatic carbocycles. The number of methoxy groups -OCH3 is 2. The lowest BCUT2D eigenvalue weighted by molar-refractivity contribution is -0.384. The van der Waals surface area contributed by atoms with Crippen molar-refractivity contribution in [2.75, 3.05) is 27.3 Å². The van der Waals surface area contributed by atoms with Gasteiger partial charge in [-0.15, -0.1) is 0 Å². The van der Waals surface area contributed by atoms with E-state index in [0.717, 1.165) is 0 Å². The average molecular weight is 414 g/mol. The molecule has 1 amide bonds. The third-order valence-corrected chi connectivity index (χ3v) is 4.98. The molecule has 0 atom stereocenters. The third kappa shape index (κ3) is 4.86. The number of ether oxygens (including phenoxy) is 3. The van der Waals surface area contributed by atoms with Gasteiger partial charge in [0.25, 0.3) is 11.6 Å².